The van der Waals surface area contributed by atoms with E-state index in [1.807, 2.05) is 31.2 Å². The van der Waals surface area contributed by atoms with Crippen LogP contribution in [0, 0.1) is 18.3 Å². The molecule has 0 bridgehead atoms. The van der Waals surface area contributed by atoms with E-state index in [1.54, 1.807) is 0 Å². The van der Waals surface area contributed by atoms with Crippen LogP contribution >= 0.6 is 11.3 Å². The summed E-state index contributed by atoms with van der Waals surface area (Å²) in [5.74, 6) is -0.428. The van der Waals surface area contributed by atoms with Gasteiger partial charge in [-0.1, -0.05) is 18.7 Å². The number of nitriles is 1. The molecule has 1 fully saturated rings. The van der Waals surface area contributed by atoms with E-state index in [2.05, 4.69) is 26.8 Å². The molecule has 0 spiro atoms. The minimum absolute atomic E-state index is 0.111. The topological polar surface area (TPSA) is 120 Å². The minimum atomic E-state index is -0.456. The number of thiophene rings is 1. The molecule has 9 heteroatoms. The van der Waals surface area contributed by atoms with Gasteiger partial charge in [0.2, 0.25) is 11.9 Å². The number of benzene rings is 1. The van der Waals surface area contributed by atoms with Crippen LogP contribution in [-0.2, 0) is 4.79 Å². The van der Waals surface area contributed by atoms with Crippen LogP contribution in [0.25, 0.3) is 11.0 Å². The molecule has 164 valence electrons. The minimum Gasteiger partial charge on any atom is -0.393 e. The average Bonchev–Trinajstić information content (AvgIpc) is 3.36. The molecule has 1 aliphatic carbocycles. The molecular formula is C23H23N5O3S. The van der Waals surface area contributed by atoms with Gasteiger partial charge in [-0.05, 0) is 56.4 Å². The van der Waals surface area contributed by atoms with Gasteiger partial charge in [0.15, 0.2) is 0 Å². The normalized spacial score (nSPS) is 18.2. The summed E-state index contributed by atoms with van der Waals surface area (Å²) in [6, 6.07) is 9.45. The Morgan fingerprint density at radius 3 is 2.75 bits per heavy atom. The predicted molar refractivity (Wildman–Crippen MR) is 124 cm³/mol. The summed E-state index contributed by atoms with van der Waals surface area (Å²) in [6.07, 6.45) is 3.79. The molecule has 2 aromatic heterocycles. The molecule has 8 nitrogen and oxygen atoms in total. The summed E-state index contributed by atoms with van der Waals surface area (Å²) in [6.45, 7) is 5.41. The van der Waals surface area contributed by atoms with E-state index >= 15 is 0 Å². The number of carbonyl (C=O) groups is 2. The number of aliphatic hydroxyl groups is 1. The first kappa shape index (κ1) is 21.7. The first-order valence-corrected chi connectivity index (χ1v) is 11.2. The standard InChI is InChI=1S/C23H23N5O3S/c1-3-20(30)25-17-11-18(32-19(17)12-24)22(31)27-23-26-16-6-4-5-13(2)21(16)28(23)14-7-9-15(29)10-8-14/h3-6,11,14-15,29H,1,7-10H2,2H3,(H,25,30)(H,26,27,31)/t14-,15-. The molecule has 0 atom stereocenters. The number of para-hydroxylation sites is 1. The summed E-state index contributed by atoms with van der Waals surface area (Å²) in [5.41, 5.74) is 3.08. The Labute approximate surface area is 189 Å². The fraction of sp³-hybridized carbons (Fsp3) is 0.304. The lowest BCUT2D eigenvalue weighted by Crippen LogP contribution is -2.23. The van der Waals surface area contributed by atoms with Crippen molar-refractivity contribution < 1.29 is 14.7 Å². The highest BCUT2D eigenvalue weighted by molar-refractivity contribution is 7.15. The third kappa shape index (κ3) is 4.15. The van der Waals surface area contributed by atoms with E-state index in [0.717, 1.165) is 46.9 Å². The van der Waals surface area contributed by atoms with E-state index in [0.29, 0.717) is 18.8 Å². The number of hydrogen-bond donors (Lipinski definition) is 3. The van der Waals surface area contributed by atoms with Crippen molar-refractivity contribution >= 4 is 45.8 Å². The van der Waals surface area contributed by atoms with E-state index < -0.39 is 11.8 Å². The van der Waals surface area contributed by atoms with Gasteiger partial charge in [-0.15, -0.1) is 11.3 Å². The van der Waals surface area contributed by atoms with Gasteiger partial charge in [0.1, 0.15) is 10.9 Å². The highest BCUT2D eigenvalue weighted by Crippen LogP contribution is 2.36. The van der Waals surface area contributed by atoms with Gasteiger partial charge < -0.3 is 15.0 Å². The Morgan fingerprint density at radius 1 is 1.31 bits per heavy atom. The van der Waals surface area contributed by atoms with Crippen LogP contribution < -0.4 is 10.6 Å². The molecule has 32 heavy (non-hydrogen) atoms. The number of aryl methyl sites for hydroxylation is 1. The SMILES string of the molecule is C=CC(=O)Nc1cc(C(=O)Nc2nc3cccc(C)c3n2[C@H]2CC[C@H](O)CC2)sc1C#N. The van der Waals surface area contributed by atoms with Crippen molar-refractivity contribution in [3.05, 3.63) is 52.2 Å². The number of hydrogen-bond acceptors (Lipinski definition) is 6. The Bertz CT molecular complexity index is 1240. The molecule has 1 aliphatic rings. The van der Waals surface area contributed by atoms with Gasteiger partial charge in [-0.2, -0.15) is 5.26 Å². The Hall–Kier alpha value is -3.48. The van der Waals surface area contributed by atoms with Crippen LogP contribution in [0.5, 0.6) is 0 Å². The van der Waals surface area contributed by atoms with Crippen LogP contribution in [-0.4, -0.2) is 32.6 Å². The summed E-state index contributed by atoms with van der Waals surface area (Å²) in [7, 11) is 0. The number of imidazole rings is 1. The fourth-order valence-corrected chi connectivity index (χ4v) is 4.91. The summed E-state index contributed by atoms with van der Waals surface area (Å²) >= 11 is 0.999. The zero-order valence-corrected chi connectivity index (χ0v) is 18.4. The van der Waals surface area contributed by atoms with Crippen molar-refractivity contribution in [1.82, 2.24) is 9.55 Å². The number of nitrogens with one attached hydrogen (secondary N) is 2. The van der Waals surface area contributed by atoms with Crippen molar-refractivity contribution in [2.75, 3.05) is 10.6 Å². The predicted octanol–water partition coefficient (Wildman–Crippen LogP) is 4.13. The molecule has 3 aromatic rings. The summed E-state index contributed by atoms with van der Waals surface area (Å²) in [4.78, 5) is 29.9. The lowest BCUT2D eigenvalue weighted by atomic mass is 9.92. The number of nitrogens with zero attached hydrogens (tertiary/aromatic N) is 3. The molecule has 0 radical (unpaired) electrons. The number of aromatic nitrogens is 2. The van der Waals surface area contributed by atoms with Gasteiger partial charge in [0.25, 0.3) is 5.91 Å². The van der Waals surface area contributed by atoms with E-state index in [9.17, 15) is 20.0 Å². The van der Waals surface area contributed by atoms with Crippen molar-refractivity contribution in [2.45, 2.75) is 44.8 Å². The Balaban J connectivity index is 1.69. The van der Waals surface area contributed by atoms with Crippen LogP contribution in [0.15, 0.2) is 36.9 Å². The van der Waals surface area contributed by atoms with Crippen molar-refractivity contribution in [3.63, 3.8) is 0 Å². The number of carbonyl (C=O) groups excluding carboxylic acids is 2. The number of aliphatic hydroxyl groups excluding tert-OH is 1. The maximum Gasteiger partial charge on any atom is 0.268 e. The van der Waals surface area contributed by atoms with E-state index in [1.165, 1.54) is 6.07 Å². The van der Waals surface area contributed by atoms with Crippen molar-refractivity contribution in [1.29, 1.82) is 5.26 Å². The van der Waals surface area contributed by atoms with Crippen LogP contribution in [0.4, 0.5) is 11.6 Å². The molecular weight excluding hydrogens is 426 g/mol. The summed E-state index contributed by atoms with van der Waals surface area (Å²) < 4.78 is 2.06. The molecule has 3 N–H and O–H groups in total. The number of rotatable bonds is 5. The molecule has 2 heterocycles. The maximum absolute atomic E-state index is 13.1. The quantitative estimate of drug-likeness (QED) is 0.506. The molecule has 0 aliphatic heterocycles. The molecule has 2 amide bonds. The summed E-state index contributed by atoms with van der Waals surface area (Å²) in [5, 5.41) is 24.8. The second-order valence-corrected chi connectivity index (χ2v) is 8.88. The lowest BCUT2D eigenvalue weighted by Gasteiger charge is -2.28. The second kappa shape index (κ2) is 8.94. The molecule has 1 saturated carbocycles. The van der Waals surface area contributed by atoms with Crippen LogP contribution in [0.2, 0.25) is 0 Å². The average molecular weight is 450 g/mol. The van der Waals surface area contributed by atoms with Gasteiger partial charge in [0, 0.05) is 6.04 Å². The largest absolute Gasteiger partial charge is 0.393 e. The molecule has 0 saturated heterocycles. The van der Waals surface area contributed by atoms with Crippen LogP contribution in [0.3, 0.4) is 0 Å². The number of amides is 2. The van der Waals surface area contributed by atoms with Gasteiger partial charge in [-0.3, -0.25) is 14.9 Å². The fourth-order valence-electron chi connectivity index (χ4n) is 4.11. The number of anilines is 2. The van der Waals surface area contributed by atoms with Gasteiger partial charge in [0.05, 0.1) is 27.7 Å². The molecule has 4 rings (SSSR count). The zero-order valence-electron chi connectivity index (χ0n) is 17.6. The highest BCUT2D eigenvalue weighted by Gasteiger charge is 2.27. The Kier molecular flexibility index (Phi) is 6.08. The third-order valence-corrected chi connectivity index (χ3v) is 6.71. The first-order chi connectivity index (χ1) is 15.4. The monoisotopic (exact) mass is 449 g/mol. The van der Waals surface area contributed by atoms with Gasteiger partial charge >= 0.3 is 0 Å². The Morgan fingerprint density at radius 2 is 2.06 bits per heavy atom. The highest BCUT2D eigenvalue weighted by atomic mass is 32.1. The van der Waals surface area contributed by atoms with Crippen LogP contribution in [0.1, 0.15) is 51.8 Å². The second-order valence-electron chi connectivity index (χ2n) is 7.82. The van der Waals surface area contributed by atoms with E-state index in [4.69, 9.17) is 0 Å². The third-order valence-electron chi connectivity index (χ3n) is 5.67. The van der Waals surface area contributed by atoms with Crippen molar-refractivity contribution in [2.24, 2.45) is 0 Å². The lowest BCUT2D eigenvalue weighted by molar-refractivity contribution is -0.111. The smallest absolute Gasteiger partial charge is 0.268 e. The molecule has 1 aromatic carbocycles. The molecule has 0 unspecified atom stereocenters. The maximum atomic E-state index is 13.1. The van der Waals surface area contributed by atoms with Gasteiger partial charge in [-0.25, -0.2) is 4.98 Å². The van der Waals surface area contributed by atoms with E-state index in [-0.39, 0.29) is 27.6 Å². The van der Waals surface area contributed by atoms with Crippen molar-refractivity contribution in [3.8, 4) is 6.07 Å². The zero-order chi connectivity index (χ0) is 22.8. The first-order valence-electron chi connectivity index (χ1n) is 10.4. The number of fused-ring (bicyclic) bond motifs is 1.